The number of guanidine groups is 1. The molecule has 1 aromatic heterocycles. The van der Waals surface area contributed by atoms with Gasteiger partial charge in [-0.25, -0.2) is 9.38 Å². The van der Waals surface area contributed by atoms with Gasteiger partial charge in [0.25, 0.3) is 0 Å². The summed E-state index contributed by atoms with van der Waals surface area (Å²) >= 11 is 0. The minimum absolute atomic E-state index is 0.229. The summed E-state index contributed by atoms with van der Waals surface area (Å²) in [6.07, 6.45) is 1.75. The van der Waals surface area contributed by atoms with E-state index >= 15 is 0 Å². The third kappa shape index (κ3) is 4.81. The van der Waals surface area contributed by atoms with Crippen molar-refractivity contribution in [3.05, 3.63) is 53.9 Å². The Hall–Kier alpha value is -2.90. The molecule has 0 aliphatic carbocycles. The lowest BCUT2D eigenvalue weighted by Crippen LogP contribution is -2.38. The molecule has 0 spiro atoms. The van der Waals surface area contributed by atoms with Gasteiger partial charge in [0.15, 0.2) is 23.4 Å². The number of nitrogens with zero attached hydrogens (tertiary/aromatic N) is 5. The van der Waals surface area contributed by atoms with Crippen LogP contribution in [-0.4, -0.2) is 46.3 Å². The molecule has 1 N–H and O–H groups in total. The highest BCUT2D eigenvalue weighted by Gasteiger charge is 2.11. The predicted molar refractivity (Wildman–Crippen MR) is 99.5 cm³/mol. The van der Waals surface area contributed by atoms with Crippen LogP contribution in [0.1, 0.15) is 17.2 Å². The van der Waals surface area contributed by atoms with Crippen LogP contribution in [0, 0.1) is 12.7 Å². The molecule has 0 bridgehead atoms. The first kappa shape index (κ1) is 19.4. The lowest BCUT2D eigenvalue weighted by atomic mass is 10.2. The van der Waals surface area contributed by atoms with Crippen molar-refractivity contribution in [2.24, 2.45) is 12.0 Å². The van der Waals surface area contributed by atoms with Crippen LogP contribution in [0.15, 0.2) is 35.8 Å². The molecule has 0 aliphatic heterocycles. The van der Waals surface area contributed by atoms with Gasteiger partial charge in [-0.15, -0.1) is 16.8 Å². The zero-order valence-electron chi connectivity index (χ0n) is 15.7. The van der Waals surface area contributed by atoms with Crippen molar-refractivity contribution < 1.29 is 9.13 Å². The first-order valence-electron chi connectivity index (χ1n) is 8.24. The minimum Gasteiger partial charge on any atom is -0.494 e. The number of hydrogen-bond donors (Lipinski definition) is 1. The van der Waals surface area contributed by atoms with Gasteiger partial charge in [-0.2, -0.15) is 0 Å². The van der Waals surface area contributed by atoms with Crippen LogP contribution in [0.3, 0.4) is 0 Å². The Balaban J connectivity index is 2.14. The first-order chi connectivity index (χ1) is 12.5. The maximum absolute atomic E-state index is 13.9. The van der Waals surface area contributed by atoms with E-state index in [1.165, 1.54) is 13.2 Å². The van der Waals surface area contributed by atoms with E-state index in [1.54, 1.807) is 12.1 Å². The van der Waals surface area contributed by atoms with Crippen molar-refractivity contribution in [1.82, 2.24) is 25.0 Å². The summed E-state index contributed by atoms with van der Waals surface area (Å²) in [6.45, 7) is 7.05. The zero-order chi connectivity index (χ0) is 19.1. The zero-order valence-corrected chi connectivity index (χ0v) is 15.7. The average molecular weight is 360 g/mol. The molecule has 0 radical (unpaired) electrons. The summed E-state index contributed by atoms with van der Waals surface area (Å²) in [5.41, 5.74) is 0.813. The monoisotopic (exact) mass is 360 g/mol. The molecule has 7 nitrogen and oxygen atoms in total. The molecule has 140 valence electrons. The van der Waals surface area contributed by atoms with Gasteiger partial charge >= 0.3 is 0 Å². The van der Waals surface area contributed by atoms with Crippen molar-refractivity contribution in [1.29, 1.82) is 0 Å². The van der Waals surface area contributed by atoms with Crippen molar-refractivity contribution in [3.63, 3.8) is 0 Å². The molecule has 0 saturated heterocycles. The van der Waals surface area contributed by atoms with Crippen molar-refractivity contribution >= 4 is 5.96 Å². The van der Waals surface area contributed by atoms with E-state index in [2.05, 4.69) is 27.1 Å². The highest BCUT2D eigenvalue weighted by molar-refractivity contribution is 5.79. The average Bonchev–Trinajstić information content (AvgIpc) is 2.94. The Bertz CT molecular complexity index is 786. The summed E-state index contributed by atoms with van der Waals surface area (Å²) in [6, 6.07) is 4.91. The number of rotatable bonds is 7. The van der Waals surface area contributed by atoms with E-state index < -0.39 is 0 Å². The second-order valence-corrected chi connectivity index (χ2v) is 5.86. The van der Waals surface area contributed by atoms with Gasteiger partial charge in [-0.1, -0.05) is 12.1 Å². The van der Waals surface area contributed by atoms with Gasteiger partial charge in [-0.05, 0) is 24.6 Å². The fourth-order valence-electron chi connectivity index (χ4n) is 2.37. The number of ether oxygens (including phenoxy) is 1. The third-order valence-corrected chi connectivity index (χ3v) is 3.96. The number of aliphatic imine (C=N–C) groups is 1. The SMILES string of the molecule is C=CCNC(=NCc1nnc(C)n1C)N(C)Cc1ccc(OC)c(F)c1. The van der Waals surface area contributed by atoms with Crippen LogP contribution in [0.25, 0.3) is 0 Å². The standard InChI is InChI=1S/C18H25FN6O/c1-6-9-20-18(21-11-17-23-22-13(2)25(17)4)24(3)12-14-7-8-16(26-5)15(19)10-14/h6-8,10H,1,9,11-12H2,2-5H3,(H,20,21). The van der Waals surface area contributed by atoms with Gasteiger partial charge < -0.3 is 19.5 Å². The molecular weight excluding hydrogens is 335 g/mol. The van der Waals surface area contributed by atoms with Crippen molar-refractivity contribution in [2.45, 2.75) is 20.0 Å². The number of methoxy groups -OCH3 is 1. The largest absolute Gasteiger partial charge is 0.494 e. The van der Waals surface area contributed by atoms with Crippen LogP contribution in [0.5, 0.6) is 5.75 Å². The lowest BCUT2D eigenvalue weighted by molar-refractivity contribution is 0.385. The van der Waals surface area contributed by atoms with E-state index in [0.717, 1.165) is 17.2 Å². The van der Waals surface area contributed by atoms with Gasteiger partial charge in [0.2, 0.25) is 0 Å². The molecule has 8 heteroatoms. The number of aromatic nitrogens is 3. The van der Waals surface area contributed by atoms with E-state index in [9.17, 15) is 4.39 Å². The second-order valence-electron chi connectivity index (χ2n) is 5.86. The van der Waals surface area contributed by atoms with Crippen LogP contribution in [0.2, 0.25) is 0 Å². The maximum Gasteiger partial charge on any atom is 0.194 e. The first-order valence-corrected chi connectivity index (χ1v) is 8.24. The van der Waals surface area contributed by atoms with Crippen LogP contribution < -0.4 is 10.1 Å². The Morgan fingerprint density at radius 3 is 2.81 bits per heavy atom. The minimum atomic E-state index is -0.384. The molecule has 26 heavy (non-hydrogen) atoms. The molecule has 0 atom stereocenters. The maximum atomic E-state index is 13.9. The van der Waals surface area contributed by atoms with Crippen molar-refractivity contribution in [3.8, 4) is 5.75 Å². The highest BCUT2D eigenvalue weighted by Crippen LogP contribution is 2.18. The quantitative estimate of drug-likeness (QED) is 0.465. The molecule has 0 unspecified atom stereocenters. The number of hydrogen-bond acceptors (Lipinski definition) is 4. The topological polar surface area (TPSA) is 67.6 Å². The fourth-order valence-corrected chi connectivity index (χ4v) is 2.37. The lowest BCUT2D eigenvalue weighted by Gasteiger charge is -2.22. The fraction of sp³-hybridized carbons (Fsp3) is 0.389. The molecule has 2 rings (SSSR count). The number of aryl methyl sites for hydroxylation is 1. The second kappa shape index (κ2) is 8.98. The van der Waals surface area contributed by atoms with Gasteiger partial charge in [0, 0.05) is 27.2 Å². The third-order valence-electron chi connectivity index (χ3n) is 3.96. The van der Waals surface area contributed by atoms with Crippen LogP contribution in [0.4, 0.5) is 4.39 Å². The predicted octanol–water partition coefficient (Wildman–Crippen LogP) is 2.03. The number of nitrogens with one attached hydrogen (secondary N) is 1. The summed E-state index contributed by atoms with van der Waals surface area (Å²) in [5.74, 6) is 2.11. The Kier molecular flexibility index (Phi) is 6.71. The molecule has 0 fully saturated rings. The summed E-state index contributed by atoms with van der Waals surface area (Å²) in [5, 5.41) is 11.4. The molecule has 1 aromatic carbocycles. The Labute approximate surface area is 153 Å². The summed E-state index contributed by atoms with van der Waals surface area (Å²) < 4.78 is 20.8. The van der Waals surface area contributed by atoms with Gasteiger partial charge in [0.05, 0.1) is 7.11 Å². The summed E-state index contributed by atoms with van der Waals surface area (Å²) in [7, 11) is 5.24. The van der Waals surface area contributed by atoms with E-state index in [0.29, 0.717) is 25.6 Å². The smallest absolute Gasteiger partial charge is 0.194 e. The molecule has 0 aliphatic rings. The molecule has 0 amide bonds. The van der Waals surface area contributed by atoms with Crippen LogP contribution in [-0.2, 0) is 20.1 Å². The van der Waals surface area contributed by atoms with Crippen molar-refractivity contribution in [2.75, 3.05) is 20.7 Å². The Morgan fingerprint density at radius 2 is 2.23 bits per heavy atom. The van der Waals surface area contributed by atoms with Crippen LogP contribution >= 0.6 is 0 Å². The molecule has 1 heterocycles. The highest BCUT2D eigenvalue weighted by atomic mass is 19.1. The molecular formula is C18H25FN6O. The molecule has 2 aromatic rings. The van der Waals surface area contributed by atoms with Gasteiger partial charge in [-0.3, -0.25) is 0 Å². The summed E-state index contributed by atoms with van der Waals surface area (Å²) in [4.78, 5) is 6.51. The Morgan fingerprint density at radius 1 is 1.46 bits per heavy atom. The van der Waals surface area contributed by atoms with E-state index in [-0.39, 0.29) is 11.6 Å². The normalized spacial score (nSPS) is 11.3. The van der Waals surface area contributed by atoms with E-state index in [4.69, 9.17) is 4.74 Å². The van der Waals surface area contributed by atoms with E-state index in [1.807, 2.05) is 36.6 Å². The number of benzene rings is 1. The van der Waals surface area contributed by atoms with Gasteiger partial charge in [0.1, 0.15) is 12.4 Å². The number of halogens is 1. The molecule has 0 saturated carbocycles.